The summed E-state index contributed by atoms with van der Waals surface area (Å²) < 4.78 is 0. The summed E-state index contributed by atoms with van der Waals surface area (Å²) in [5.41, 5.74) is 1.27. The number of rotatable bonds is 2. The fourth-order valence-corrected chi connectivity index (χ4v) is 2.86. The van der Waals surface area contributed by atoms with E-state index in [1.54, 1.807) is 11.3 Å². The summed E-state index contributed by atoms with van der Waals surface area (Å²) in [7, 11) is 1.85. The Bertz CT molecular complexity index is 493. The van der Waals surface area contributed by atoms with Gasteiger partial charge in [-0.3, -0.25) is 0 Å². The lowest BCUT2D eigenvalue weighted by molar-refractivity contribution is 0.880. The van der Waals surface area contributed by atoms with Crippen LogP contribution >= 0.6 is 22.9 Å². The van der Waals surface area contributed by atoms with E-state index in [0.717, 1.165) is 16.0 Å². The molecule has 2 aromatic heterocycles. The van der Waals surface area contributed by atoms with Gasteiger partial charge in [0.15, 0.2) is 0 Å². The van der Waals surface area contributed by atoms with Crippen LogP contribution in [0.5, 0.6) is 0 Å². The molecule has 0 atom stereocenters. The van der Waals surface area contributed by atoms with E-state index in [0.29, 0.717) is 11.2 Å². The van der Waals surface area contributed by atoms with Crippen LogP contribution in [0.2, 0.25) is 5.28 Å². The van der Waals surface area contributed by atoms with E-state index in [-0.39, 0.29) is 0 Å². The van der Waals surface area contributed by atoms with Crippen molar-refractivity contribution in [3.8, 4) is 0 Å². The number of thiophene rings is 1. The molecule has 0 aliphatic heterocycles. The zero-order valence-corrected chi connectivity index (χ0v) is 10.4. The second-order valence-electron chi connectivity index (χ2n) is 3.62. The van der Waals surface area contributed by atoms with E-state index in [9.17, 15) is 0 Å². The van der Waals surface area contributed by atoms with Gasteiger partial charge in [0, 0.05) is 7.05 Å². The molecule has 5 heteroatoms. The van der Waals surface area contributed by atoms with Gasteiger partial charge < -0.3 is 5.32 Å². The standard InChI is InChI=1S/C10H12ClN3S/c1-5(2)6-4-15-9-7(6)8(12-3)13-10(11)14-9/h4-5H,1-3H3,(H,12,13,14). The number of anilines is 1. The first-order valence-corrected chi connectivity index (χ1v) is 6.01. The molecule has 3 nitrogen and oxygen atoms in total. The molecular formula is C10H12ClN3S. The molecule has 0 fully saturated rings. The van der Waals surface area contributed by atoms with Gasteiger partial charge in [0.05, 0.1) is 5.39 Å². The quantitative estimate of drug-likeness (QED) is 0.818. The van der Waals surface area contributed by atoms with Crippen molar-refractivity contribution in [1.29, 1.82) is 0 Å². The summed E-state index contributed by atoms with van der Waals surface area (Å²) in [4.78, 5) is 9.35. The van der Waals surface area contributed by atoms with Gasteiger partial charge in [0.1, 0.15) is 10.6 Å². The Morgan fingerprint density at radius 3 is 2.73 bits per heavy atom. The Hall–Kier alpha value is -0.870. The van der Waals surface area contributed by atoms with Crippen molar-refractivity contribution in [3.63, 3.8) is 0 Å². The SMILES string of the molecule is CNc1nc(Cl)nc2scc(C(C)C)c12. The topological polar surface area (TPSA) is 37.8 Å². The van der Waals surface area contributed by atoms with Crippen LogP contribution in [-0.4, -0.2) is 17.0 Å². The van der Waals surface area contributed by atoms with Gasteiger partial charge in [-0.1, -0.05) is 13.8 Å². The third-order valence-corrected chi connectivity index (χ3v) is 3.35. The van der Waals surface area contributed by atoms with Crippen molar-refractivity contribution >= 4 is 39.0 Å². The lowest BCUT2D eigenvalue weighted by Gasteiger charge is -2.06. The second kappa shape index (κ2) is 3.94. The second-order valence-corrected chi connectivity index (χ2v) is 4.81. The Kier molecular flexibility index (Phi) is 2.80. The smallest absolute Gasteiger partial charge is 0.225 e. The number of halogens is 1. The Balaban J connectivity index is 2.77. The zero-order chi connectivity index (χ0) is 11.0. The summed E-state index contributed by atoms with van der Waals surface area (Å²) in [5, 5.41) is 6.58. The van der Waals surface area contributed by atoms with Crippen molar-refractivity contribution in [2.24, 2.45) is 0 Å². The molecule has 15 heavy (non-hydrogen) atoms. The summed E-state index contributed by atoms with van der Waals surface area (Å²) >= 11 is 7.45. The monoisotopic (exact) mass is 241 g/mol. The fraction of sp³-hybridized carbons (Fsp3) is 0.400. The molecule has 0 saturated carbocycles. The fourth-order valence-electron chi connectivity index (χ4n) is 1.54. The lowest BCUT2D eigenvalue weighted by Crippen LogP contribution is -1.97. The molecule has 2 rings (SSSR count). The van der Waals surface area contributed by atoms with E-state index < -0.39 is 0 Å². The maximum atomic E-state index is 5.84. The van der Waals surface area contributed by atoms with Crippen molar-refractivity contribution in [2.75, 3.05) is 12.4 Å². The van der Waals surface area contributed by atoms with Crippen LogP contribution in [0.25, 0.3) is 10.2 Å². The molecule has 0 spiro atoms. The number of nitrogens with one attached hydrogen (secondary N) is 1. The summed E-state index contributed by atoms with van der Waals surface area (Å²) in [6.07, 6.45) is 0. The minimum absolute atomic E-state index is 0.295. The number of hydrogen-bond donors (Lipinski definition) is 1. The van der Waals surface area contributed by atoms with Gasteiger partial charge in [-0.2, -0.15) is 0 Å². The molecule has 2 aromatic rings. The minimum atomic E-state index is 0.295. The molecule has 0 unspecified atom stereocenters. The molecular weight excluding hydrogens is 230 g/mol. The van der Waals surface area contributed by atoms with Crippen molar-refractivity contribution in [1.82, 2.24) is 9.97 Å². The van der Waals surface area contributed by atoms with Gasteiger partial charge in [-0.15, -0.1) is 11.3 Å². The first kappa shape index (κ1) is 10.6. The molecule has 80 valence electrons. The summed E-state index contributed by atoms with van der Waals surface area (Å²) in [6.45, 7) is 4.32. The first-order chi connectivity index (χ1) is 7.13. The number of nitrogens with zero attached hydrogens (tertiary/aromatic N) is 2. The van der Waals surface area contributed by atoms with Crippen LogP contribution in [0.1, 0.15) is 25.3 Å². The van der Waals surface area contributed by atoms with E-state index in [2.05, 4.69) is 34.5 Å². The molecule has 0 bridgehead atoms. The van der Waals surface area contributed by atoms with Gasteiger partial charge in [0.2, 0.25) is 5.28 Å². The maximum absolute atomic E-state index is 5.84. The van der Waals surface area contributed by atoms with E-state index in [4.69, 9.17) is 11.6 Å². The largest absolute Gasteiger partial charge is 0.372 e. The summed E-state index contributed by atoms with van der Waals surface area (Å²) in [5.74, 6) is 1.28. The Labute approximate surface area is 97.5 Å². The predicted octanol–water partition coefficient (Wildman–Crippen LogP) is 3.51. The van der Waals surface area contributed by atoms with Crippen molar-refractivity contribution < 1.29 is 0 Å². The molecule has 0 amide bonds. The van der Waals surface area contributed by atoms with Gasteiger partial charge in [-0.05, 0) is 28.5 Å². The van der Waals surface area contributed by atoms with Gasteiger partial charge >= 0.3 is 0 Å². The van der Waals surface area contributed by atoms with Crippen LogP contribution in [0.3, 0.4) is 0 Å². The zero-order valence-electron chi connectivity index (χ0n) is 8.84. The third-order valence-electron chi connectivity index (χ3n) is 2.29. The van der Waals surface area contributed by atoms with Crippen LogP contribution in [0, 0.1) is 0 Å². The highest BCUT2D eigenvalue weighted by atomic mass is 35.5. The van der Waals surface area contributed by atoms with Crippen LogP contribution in [0.15, 0.2) is 5.38 Å². The van der Waals surface area contributed by atoms with Crippen molar-refractivity contribution in [3.05, 3.63) is 16.2 Å². The minimum Gasteiger partial charge on any atom is -0.372 e. The highest BCUT2D eigenvalue weighted by molar-refractivity contribution is 7.17. The maximum Gasteiger partial charge on any atom is 0.225 e. The normalized spacial score (nSPS) is 11.3. The lowest BCUT2D eigenvalue weighted by atomic mass is 10.0. The van der Waals surface area contributed by atoms with Crippen molar-refractivity contribution in [2.45, 2.75) is 19.8 Å². The van der Waals surface area contributed by atoms with Gasteiger partial charge in [-0.25, -0.2) is 9.97 Å². The average Bonchev–Trinajstić information content (AvgIpc) is 2.59. The molecule has 0 aliphatic rings. The number of fused-ring (bicyclic) bond motifs is 1. The van der Waals surface area contributed by atoms with E-state index in [1.165, 1.54) is 5.56 Å². The molecule has 0 saturated heterocycles. The van der Waals surface area contributed by atoms with Crippen LogP contribution in [0.4, 0.5) is 5.82 Å². The van der Waals surface area contributed by atoms with Crippen LogP contribution in [-0.2, 0) is 0 Å². The molecule has 1 N–H and O–H groups in total. The molecule has 0 aliphatic carbocycles. The molecule has 0 aromatic carbocycles. The molecule has 2 heterocycles. The Morgan fingerprint density at radius 1 is 1.40 bits per heavy atom. The number of hydrogen-bond acceptors (Lipinski definition) is 4. The van der Waals surface area contributed by atoms with E-state index >= 15 is 0 Å². The molecule has 0 radical (unpaired) electrons. The first-order valence-electron chi connectivity index (χ1n) is 4.76. The number of aromatic nitrogens is 2. The highest BCUT2D eigenvalue weighted by Crippen LogP contribution is 2.34. The summed E-state index contributed by atoms with van der Waals surface area (Å²) in [6, 6.07) is 0. The highest BCUT2D eigenvalue weighted by Gasteiger charge is 2.14. The van der Waals surface area contributed by atoms with Gasteiger partial charge in [0.25, 0.3) is 0 Å². The third kappa shape index (κ3) is 1.79. The predicted molar refractivity (Wildman–Crippen MR) is 66.1 cm³/mol. The Morgan fingerprint density at radius 2 is 2.13 bits per heavy atom. The van der Waals surface area contributed by atoms with Crippen LogP contribution < -0.4 is 5.32 Å². The van der Waals surface area contributed by atoms with E-state index in [1.807, 2.05) is 7.05 Å². The average molecular weight is 242 g/mol.